The van der Waals surface area contributed by atoms with Crippen LogP contribution >= 0.6 is 23.8 Å². The lowest BCUT2D eigenvalue weighted by molar-refractivity contribution is 0.296. The third kappa shape index (κ3) is 4.30. The number of thiocarbonyl (C=S) groups is 1. The summed E-state index contributed by atoms with van der Waals surface area (Å²) in [5.74, 6) is 1.83. The molecule has 1 aromatic carbocycles. The summed E-state index contributed by atoms with van der Waals surface area (Å²) in [6.45, 7) is 0. The van der Waals surface area contributed by atoms with E-state index in [0.717, 1.165) is 17.9 Å². The van der Waals surface area contributed by atoms with Crippen molar-refractivity contribution in [3.05, 3.63) is 47.2 Å². The van der Waals surface area contributed by atoms with Crippen LogP contribution in [0.3, 0.4) is 0 Å². The Kier molecular flexibility index (Phi) is 6.12. The van der Waals surface area contributed by atoms with Gasteiger partial charge in [-0.25, -0.2) is 0 Å². The third-order valence-corrected chi connectivity index (χ3v) is 3.68. The Morgan fingerprint density at radius 2 is 1.83 bits per heavy atom. The van der Waals surface area contributed by atoms with Crippen LogP contribution in [-0.2, 0) is 4.74 Å². The summed E-state index contributed by atoms with van der Waals surface area (Å²) in [7, 11) is 4.73. The highest BCUT2D eigenvalue weighted by Crippen LogP contribution is 2.35. The molecule has 2 rings (SSSR count). The number of allylic oxidation sites excluding steroid dienone is 2. The van der Waals surface area contributed by atoms with E-state index in [2.05, 4.69) is 10.6 Å². The van der Waals surface area contributed by atoms with Crippen molar-refractivity contribution in [1.82, 2.24) is 5.32 Å². The standard InChI is InChI=1S/C16H18ClN2O3S/c1-20-13-7-5-4-6-11(13)18-16(23)19-12-8-10(17)14(21-2)9-15(12)22-3/h5-9H,4H2,1-3H3,(H2,18,19,23). The van der Waals surface area contributed by atoms with Crippen molar-refractivity contribution in [3.63, 3.8) is 0 Å². The third-order valence-electron chi connectivity index (χ3n) is 3.18. The molecule has 1 aromatic rings. The van der Waals surface area contributed by atoms with Gasteiger partial charge in [-0.2, -0.15) is 0 Å². The van der Waals surface area contributed by atoms with Crippen LogP contribution in [0.4, 0.5) is 5.69 Å². The first-order valence-corrected chi connectivity index (χ1v) is 7.65. The molecule has 7 heteroatoms. The summed E-state index contributed by atoms with van der Waals surface area (Å²) >= 11 is 11.5. The number of rotatable bonds is 5. The molecule has 0 saturated carbocycles. The van der Waals surface area contributed by atoms with E-state index in [-0.39, 0.29) is 0 Å². The van der Waals surface area contributed by atoms with E-state index in [0.29, 0.717) is 27.3 Å². The van der Waals surface area contributed by atoms with Gasteiger partial charge in [-0.3, -0.25) is 0 Å². The normalized spacial score (nSPS) is 13.6. The van der Waals surface area contributed by atoms with Gasteiger partial charge in [0.05, 0.1) is 37.7 Å². The van der Waals surface area contributed by atoms with Crippen LogP contribution in [0, 0.1) is 6.42 Å². The van der Waals surface area contributed by atoms with E-state index in [1.165, 1.54) is 0 Å². The first-order valence-electron chi connectivity index (χ1n) is 6.86. The van der Waals surface area contributed by atoms with E-state index >= 15 is 0 Å². The maximum Gasteiger partial charge on any atom is 0.175 e. The summed E-state index contributed by atoms with van der Waals surface area (Å²) in [6, 6.07) is 3.39. The Bertz CT molecular complexity index is 659. The molecule has 1 aliphatic rings. The topological polar surface area (TPSA) is 51.8 Å². The molecule has 23 heavy (non-hydrogen) atoms. The zero-order chi connectivity index (χ0) is 16.8. The lowest BCUT2D eigenvalue weighted by atomic mass is 10.1. The Labute approximate surface area is 146 Å². The second-order valence-electron chi connectivity index (χ2n) is 4.59. The quantitative estimate of drug-likeness (QED) is 0.788. The molecular formula is C16H18ClN2O3S. The highest BCUT2D eigenvalue weighted by Gasteiger charge is 2.14. The fourth-order valence-electron chi connectivity index (χ4n) is 2.08. The minimum Gasteiger partial charge on any atom is -0.495 e. The first-order chi connectivity index (χ1) is 11.1. The minimum atomic E-state index is 0.403. The molecule has 0 spiro atoms. The maximum atomic E-state index is 6.15. The molecule has 1 radical (unpaired) electrons. The summed E-state index contributed by atoms with van der Waals surface area (Å²) in [6.07, 6.45) is 6.71. The fourth-order valence-corrected chi connectivity index (χ4v) is 2.54. The summed E-state index contributed by atoms with van der Waals surface area (Å²) < 4.78 is 15.8. The second kappa shape index (κ2) is 8.08. The number of halogens is 1. The second-order valence-corrected chi connectivity index (χ2v) is 5.41. The van der Waals surface area contributed by atoms with Crippen LogP contribution in [-0.4, -0.2) is 26.4 Å². The Hall–Kier alpha value is -1.92. The van der Waals surface area contributed by atoms with E-state index in [4.69, 9.17) is 38.0 Å². The van der Waals surface area contributed by atoms with Gasteiger partial charge in [-0.05, 0) is 37.2 Å². The molecule has 0 atom stereocenters. The van der Waals surface area contributed by atoms with Gasteiger partial charge in [0.2, 0.25) is 0 Å². The van der Waals surface area contributed by atoms with Crippen LogP contribution < -0.4 is 20.1 Å². The van der Waals surface area contributed by atoms with Crippen molar-refractivity contribution < 1.29 is 14.2 Å². The Morgan fingerprint density at radius 3 is 2.48 bits per heavy atom. The maximum absolute atomic E-state index is 6.15. The van der Waals surface area contributed by atoms with Crippen LogP contribution in [0.15, 0.2) is 35.7 Å². The molecule has 0 amide bonds. The van der Waals surface area contributed by atoms with Crippen molar-refractivity contribution in [2.75, 3.05) is 26.6 Å². The number of ether oxygens (including phenoxy) is 3. The number of hydrogen-bond acceptors (Lipinski definition) is 4. The molecule has 0 unspecified atom stereocenters. The van der Waals surface area contributed by atoms with Crippen LogP contribution in [0.5, 0.6) is 11.5 Å². The summed E-state index contributed by atoms with van der Waals surface area (Å²) in [5.41, 5.74) is 1.45. The largest absolute Gasteiger partial charge is 0.495 e. The van der Waals surface area contributed by atoms with E-state index < -0.39 is 0 Å². The van der Waals surface area contributed by atoms with Gasteiger partial charge in [-0.15, -0.1) is 0 Å². The van der Waals surface area contributed by atoms with Crippen molar-refractivity contribution in [3.8, 4) is 11.5 Å². The van der Waals surface area contributed by atoms with Crippen LogP contribution in [0.2, 0.25) is 5.02 Å². The lowest BCUT2D eigenvalue weighted by Crippen LogP contribution is -2.29. The number of methoxy groups -OCH3 is 3. The average Bonchev–Trinajstić information content (AvgIpc) is 2.55. The van der Waals surface area contributed by atoms with Gasteiger partial charge < -0.3 is 24.8 Å². The Morgan fingerprint density at radius 1 is 1.09 bits per heavy atom. The van der Waals surface area contributed by atoms with Gasteiger partial charge in [-0.1, -0.05) is 17.7 Å². The highest BCUT2D eigenvalue weighted by atomic mass is 35.5. The van der Waals surface area contributed by atoms with Gasteiger partial charge in [0.25, 0.3) is 0 Å². The molecule has 5 nitrogen and oxygen atoms in total. The molecule has 0 bridgehead atoms. The zero-order valence-electron chi connectivity index (χ0n) is 13.1. The molecule has 1 aliphatic carbocycles. The fraction of sp³-hybridized carbons (Fsp3) is 0.250. The Balaban J connectivity index is 2.13. The van der Waals surface area contributed by atoms with Gasteiger partial charge >= 0.3 is 0 Å². The molecule has 0 aromatic heterocycles. The van der Waals surface area contributed by atoms with Crippen molar-refractivity contribution in [2.45, 2.75) is 6.42 Å². The minimum absolute atomic E-state index is 0.403. The molecule has 0 saturated heterocycles. The predicted octanol–water partition coefficient (Wildman–Crippen LogP) is 3.67. The van der Waals surface area contributed by atoms with Crippen molar-refractivity contribution in [2.24, 2.45) is 0 Å². The SMILES string of the molecule is COC1=C[CH]CC=C1NC(=S)Nc1cc(Cl)c(OC)cc1OC. The first kappa shape index (κ1) is 17.4. The zero-order valence-corrected chi connectivity index (χ0v) is 14.7. The molecule has 0 heterocycles. The van der Waals surface area contributed by atoms with Gasteiger partial charge in [0.1, 0.15) is 17.3 Å². The van der Waals surface area contributed by atoms with E-state index in [1.54, 1.807) is 33.5 Å². The summed E-state index contributed by atoms with van der Waals surface area (Å²) in [4.78, 5) is 0. The van der Waals surface area contributed by atoms with E-state index in [1.807, 2.05) is 18.6 Å². The molecule has 2 N–H and O–H groups in total. The van der Waals surface area contributed by atoms with Gasteiger partial charge in [0, 0.05) is 6.07 Å². The molecule has 0 aliphatic heterocycles. The smallest absolute Gasteiger partial charge is 0.175 e. The molecular weight excluding hydrogens is 336 g/mol. The lowest BCUT2D eigenvalue weighted by Gasteiger charge is -2.19. The number of benzene rings is 1. The van der Waals surface area contributed by atoms with E-state index in [9.17, 15) is 0 Å². The monoisotopic (exact) mass is 353 g/mol. The van der Waals surface area contributed by atoms with Gasteiger partial charge in [0.15, 0.2) is 5.11 Å². The highest BCUT2D eigenvalue weighted by molar-refractivity contribution is 7.80. The number of anilines is 1. The van der Waals surface area contributed by atoms with Crippen molar-refractivity contribution >= 4 is 34.6 Å². The number of hydrogen-bond donors (Lipinski definition) is 2. The van der Waals surface area contributed by atoms with Crippen molar-refractivity contribution in [1.29, 1.82) is 0 Å². The number of nitrogens with one attached hydrogen (secondary N) is 2. The average molecular weight is 354 g/mol. The molecule has 0 fully saturated rings. The van der Waals surface area contributed by atoms with Crippen LogP contribution in [0.1, 0.15) is 6.42 Å². The predicted molar refractivity (Wildman–Crippen MR) is 96.0 cm³/mol. The summed E-state index contributed by atoms with van der Waals surface area (Å²) in [5, 5.41) is 7.04. The molecule has 123 valence electrons. The van der Waals surface area contributed by atoms with Crippen LogP contribution in [0.25, 0.3) is 0 Å².